The van der Waals surface area contributed by atoms with Gasteiger partial charge < -0.3 is 29.8 Å². The highest BCUT2D eigenvalue weighted by Gasteiger charge is 2.42. The zero-order chi connectivity index (χ0) is 26.6. The largest absolute Gasteiger partial charge is 0.478 e. The minimum atomic E-state index is -0.986. The summed E-state index contributed by atoms with van der Waals surface area (Å²) in [5.74, 6) is 0.0278. The fraction of sp³-hybridized carbons (Fsp3) is 0.143. The topological polar surface area (TPSA) is 117 Å². The van der Waals surface area contributed by atoms with Crippen LogP contribution in [-0.2, 0) is 9.53 Å². The number of carboxylic acid groups (broad SMARTS) is 1. The van der Waals surface area contributed by atoms with Crippen molar-refractivity contribution in [2.45, 2.75) is 12.1 Å². The van der Waals surface area contributed by atoms with E-state index in [1.807, 2.05) is 47.4 Å². The van der Waals surface area contributed by atoms with Gasteiger partial charge in [0.2, 0.25) is 5.91 Å². The van der Waals surface area contributed by atoms with Crippen LogP contribution >= 0.6 is 12.2 Å². The summed E-state index contributed by atoms with van der Waals surface area (Å²) in [6, 6.07) is 22.7. The number of aromatic nitrogens is 1. The van der Waals surface area contributed by atoms with E-state index in [9.17, 15) is 14.7 Å². The van der Waals surface area contributed by atoms with Crippen molar-refractivity contribution in [3.8, 4) is 11.3 Å². The maximum Gasteiger partial charge on any atom is 0.335 e. The summed E-state index contributed by atoms with van der Waals surface area (Å²) in [5.41, 5.74) is 3.20. The van der Waals surface area contributed by atoms with E-state index >= 15 is 0 Å². The van der Waals surface area contributed by atoms with E-state index in [0.29, 0.717) is 22.3 Å². The molecule has 0 saturated carbocycles. The van der Waals surface area contributed by atoms with Gasteiger partial charge in [0.1, 0.15) is 24.2 Å². The minimum absolute atomic E-state index is 0.0322. The Morgan fingerprint density at radius 1 is 1.08 bits per heavy atom. The van der Waals surface area contributed by atoms with Gasteiger partial charge in [0.05, 0.1) is 17.3 Å². The average molecular weight is 529 g/mol. The molecule has 5 rings (SSSR count). The number of thiocarbonyl (C=S) groups is 1. The van der Waals surface area contributed by atoms with Crippen molar-refractivity contribution in [3.05, 3.63) is 102 Å². The van der Waals surface area contributed by atoms with Gasteiger partial charge in [0.15, 0.2) is 5.11 Å². The third-order valence-electron chi connectivity index (χ3n) is 6.14. The molecule has 0 bridgehead atoms. The van der Waals surface area contributed by atoms with E-state index < -0.39 is 5.97 Å². The number of rotatable bonds is 8. The van der Waals surface area contributed by atoms with Gasteiger partial charge in [-0.1, -0.05) is 18.2 Å². The maximum absolute atomic E-state index is 11.9. The molecular formula is C28H24N4O5S. The molecule has 1 aliphatic heterocycles. The first kappa shape index (κ1) is 25.1. The number of hydrogen-bond acceptors (Lipinski definition) is 6. The van der Waals surface area contributed by atoms with E-state index in [1.54, 1.807) is 42.6 Å². The molecule has 10 heteroatoms. The molecule has 1 saturated heterocycles. The Morgan fingerprint density at radius 2 is 1.84 bits per heavy atom. The summed E-state index contributed by atoms with van der Waals surface area (Å²) in [6.07, 6.45) is 1.73. The number of aromatic carboxylic acids is 1. The fourth-order valence-electron chi connectivity index (χ4n) is 4.40. The Hall–Kier alpha value is -4.54. The van der Waals surface area contributed by atoms with E-state index in [2.05, 4.69) is 15.6 Å². The smallest absolute Gasteiger partial charge is 0.335 e. The predicted molar refractivity (Wildman–Crippen MR) is 146 cm³/mol. The number of carbonyl (C=O) groups excluding carboxylic acids is 1. The normalized spacial score (nSPS) is 16.8. The molecule has 1 amide bonds. The number of amides is 1. The number of pyridine rings is 1. The molecule has 3 heterocycles. The van der Waals surface area contributed by atoms with Gasteiger partial charge in [-0.25, -0.2) is 4.79 Å². The van der Waals surface area contributed by atoms with Gasteiger partial charge >= 0.3 is 5.97 Å². The van der Waals surface area contributed by atoms with Gasteiger partial charge in [0, 0.05) is 30.2 Å². The lowest BCUT2D eigenvalue weighted by atomic mass is 10.0. The molecule has 0 radical (unpaired) electrons. The second-order valence-corrected chi connectivity index (χ2v) is 9.00. The average Bonchev–Trinajstić information content (AvgIpc) is 3.54. The van der Waals surface area contributed by atoms with Crippen molar-refractivity contribution in [1.29, 1.82) is 0 Å². The predicted octanol–water partition coefficient (Wildman–Crippen LogP) is 4.80. The minimum Gasteiger partial charge on any atom is -0.478 e. The SMILES string of the molecule is COCC(=O)Nc1ccc(N2C(=S)N[C@H](c3ccccn3)[C@H]2c2ccc(-c3ccc(C(=O)O)cc3)o2)cc1. The first-order valence-corrected chi connectivity index (χ1v) is 12.2. The van der Waals surface area contributed by atoms with E-state index in [4.69, 9.17) is 21.4 Å². The van der Waals surface area contributed by atoms with Crippen LogP contribution in [0.5, 0.6) is 0 Å². The van der Waals surface area contributed by atoms with Gasteiger partial charge in [-0.15, -0.1) is 0 Å². The Balaban J connectivity index is 1.49. The zero-order valence-corrected chi connectivity index (χ0v) is 21.1. The van der Waals surface area contributed by atoms with E-state index in [0.717, 1.165) is 16.9 Å². The summed E-state index contributed by atoms with van der Waals surface area (Å²) >= 11 is 5.76. The van der Waals surface area contributed by atoms with Crippen molar-refractivity contribution in [3.63, 3.8) is 0 Å². The molecule has 2 atom stereocenters. The van der Waals surface area contributed by atoms with Crippen LogP contribution in [0.4, 0.5) is 11.4 Å². The van der Waals surface area contributed by atoms with E-state index in [1.165, 1.54) is 7.11 Å². The van der Waals surface area contributed by atoms with Crippen LogP contribution in [0.25, 0.3) is 11.3 Å². The summed E-state index contributed by atoms with van der Waals surface area (Å²) < 4.78 is 11.2. The van der Waals surface area contributed by atoms with Crippen LogP contribution in [0.2, 0.25) is 0 Å². The summed E-state index contributed by atoms with van der Waals surface area (Å²) in [6.45, 7) is -0.0322. The number of furan rings is 1. The molecule has 192 valence electrons. The molecule has 0 aliphatic carbocycles. The molecule has 2 aromatic carbocycles. The van der Waals surface area contributed by atoms with Crippen molar-refractivity contribution in [1.82, 2.24) is 10.3 Å². The van der Waals surface area contributed by atoms with Crippen LogP contribution < -0.4 is 15.5 Å². The summed E-state index contributed by atoms with van der Waals surface area (Å²) in [7, 11) is 1.47. The van der Waals surface area contributed by atoms with Gasteiger partial charge in [-0.2, -0.15) is 0 Å². The highest BCUT2D eigenvalue weighted by atomic mass is 32.1. The maximum atomic E-state index is 11.9. The highest BCUT2D eigenvalue weighted by molar-refractivity contribution is 7.80. The lowest BCUT2D eigenvalue weighted by Crippen LogP contribution is -2.29. The Bertz CT molecular complexity index is 1450. The molecule has 38 heavy (non-hydrogen) atoms. The Kier molecular flexibility index (Phi) is 7.16. The number of carboxylic acids is 1. The van der Waals surface area contributed by atoms with Crippen molar-refractivity contribution in [2.24, 2.45) is 0 Å². The molecule has 0 spiro atoms. The number of nitrogens with zero attached hydrogens (tertiary/aromatic N) is 2. The number of benzene rings is 2. The molecular weight excluding hydrogens is 504 g/mol. The number of carbonyl (C=O) groups is 2. The molecule has 9 nitrogen and oxygen atoms in total. The summed E-state index contributed by atoms with van der Waals surface area (Å²) in [5, 5.41) is 15.9. The molecule has 1 aliphatic rings. The third-order valence-corrected chi connectivity index (χ3v) is 6.45. The number of anilines is 2. The van der Waals surface area contributed by atoms with Crippen LogP contribution in [0, 0.1) is 0 Å². The first-order chi connectivity index (χ1) is 18.4. The zero-order valence-electron chi connectivity index (χ0n) is 20.3. The van der Waals surface area contributed by atoms with Gasteiger partial charge in [-0.05, 0) is 72.9 Å². The first-order valence-electron chi connectivity index (χ1n) is 11.8. The van der Waals surface area contributed by atoms with Crippen molar-refractivity contribution in [2.75, 3.05) is 23.9 Å². The lowest BCUT2D eigenvalue weighted by molar-refractivity contribution is -0.119. The van der Waals surface area contributed by atoms with Crippen molar-refractivity contribution < 1.29 is 23.8 Å². The standard InChI is InChI=1S/C28H24N4O5S/c1-36-16-24(33)30-19-9-11-20(12-10-19)32-26(25(31-28(32)38)21-4-2-3-15-29-21)23-14-13-22(37-23)17-5-7-18(8-6-17)27(34)35/h2-15,25-26H,16H2,1H3,(H,30,33)(H,31,38)(H,34,35)/t25-,26-/m1/s1. The van der Waals surface area contributed by atoms with E-state index in [-0.39, 0.29) is 30.2 Å². The third kappa shape index (κ3) is 5.13. The second kappa shape index (κ2) is 10.8. The van der Waals surface area contributed by atoms with Crippen molar-refractivity contribution >= 4 is 40.6 Å². The second-order valence-electron chi connectivity index (χ2n) is 8.61. The van der Waals surface area contributed by atoms with Crippen LogP contribution in [-0.4, -0.2) is 40.8 Å². The van der Waals surface area contributed by atoms with Gasteiger partial charge in [-0.3, -0.25) is 9.78 Å². The highest BCUT2D eigenvalue weighted by Crippen LogP contribution is 2.43. The number of methoxy groups -OCH3 is 1. The summed E-state index contributed by atoms with van der Waals surface area (Å²) in [4.78, 5) is 29.6. The monoisotopic (exact) mass is 528 g/mol. The van der Waals surface area contributed by atoms with Crippen LogP contribution in [0.3, 0.4) is 0 Å². The van der Waals surface area contributed by atoms with Crippen LogP contribution in [0.1, 0.15) is 33.9 Å². The molecule has 4 aromatic rings. The molecule has 3 N–H and O–H groups in total. The van der Waals surface area contributed by atoms with Gasteiger partial charge in [0.25, 0.3) is 0 Å². The number of ether oxygens (including phenoxy) is 1. The Morgan fingerprint density at radius 3 is 2.50 bits per heavy atom. The number of nitrogens with one attached hydrogen (secondary N) is 2. The number of hydrogen-bond donors (Lipinski definition) is 3. The molecule has 0 unspecified atom stereocenters. The molecule has 2 aromatic heterocycles. The fourth-order valence-corrected chi connectivity index (χ4v) is 4.75. The van der Waals surface area contributed by atoms with Crippen LogP contribution in [0.15, 0.2) is 89.5 Å². The Labute approximate surface area is 224 Å². The molecule has 1 fully saturated rings. The quantitative estimate of drug-likeness (QED) is 0.277. The lowest BCUT2D eigenvalue weighted by Gasteiger charge is -2.26.